The summed E-state index contributed by atoms with van der Waals surface area (Å²) in [4.78, 5) is 11.7. The molecule has 0 saturated heterocycles. The molecule has 0 fully saturated rings. The molecule has 4 heteroatoms. The lowest BCUT2D eigenvalue weighted by Crippen LogP contribution is -2.32. The molecule has 16 heavy (non-hydrogen) atoms. The lowest BCUT2D eigenvalue weighted by atomic mass is 9.97. The van der Waals surface area contributed by atoms with Crippen molar-refractivity contribution in [3.63, 3.8) is 0 Å². The summed E-state index contributed by atoms with van der Waals surface area (Å²) in [6.45, 7) is 6.63. The molecule has 0 atom stereocenters. The van der Waals surface area contributed by atoms with Gasteiger partial charge in [0.25, 0.3) is 5.91 Å². The fourth-order valence-corrected chi connectivity index (χ4v) is 1.33. The van der Waals surface area contributed by atoms with Gasteiger partial charge < -0.3 is 5.32 Å². The maximum absolute atomic E-state index is 13.2. The van der Waals surface area contributed by atoms with Gasteiger partial charge in [0.15, 0.2) is 0 Å². The van der Waals surface area contributed by atoms with Crippen molar-refractivity contribution in [1.29, 1.82) is 0 Å². The van der Waals surface area contributed by atoms with E-state index in [1.54, 1.807) is 6.07 Å². The largest absolute Gasteiger partial charge is 0.352 e. The third-order valence-electron chi connectivity index (χ3n) is 1.96. The Kier molecular flexibility index (Phi) is 4.08. The summed E-state index contributed by atoms with van der Waals surface area (Å²) in [5.41, 5.74) is 0.355. The highest BCUT2D eigenvalue weighted by atomic mass is 79.9. The molecule has 0 spiro atoms. The summed E-state index contributed by atoms with van der Waals surface area (Å²) >= 11 is 3.04. The third kappa shape index (κ3) is 3.93. The number of hydrogen-bond acceptors (Lipinski definition) is 1. The van der Waals surface area contributed by atoms with Crippen molar-refractivity contribution in [2.45, 2.75) is 20.8 Å². The van der Waals surface area contributed by atoms with Crippen LogP contribution < -0.4 is 5.32 Å². The molecule has 0 heterocycles. The molecule has 0 radical (unpaired) electrons. The third-order valence-corrected chi connectivity index (χ3v) is 2.60. The minimum atomic E-state index is -0.427. The summed E-state index contributed by atoms with van der Waals surface area (Å²) in [6, 6.07) is 4.34. The van der Waals surface area contributed by atoms with E-state index in [9.17, 15) is 9.18 Å². The molecular weight excluding hydrogens is 273 g/mol. The van der Waals surface area contributed by atoms with E-state index in [1.165, 1.54) is 12.1 Å². The van der Waals surface area contributed by atoms with Gasteiger partial charge >= 0.3 is 0 Å². The normalized spacial score (nSPS) is 11.3. The van der Waals surface area contributed by atoms with Gasteiger partial charge in [0.1, 0.15) is 5.82 Å². The topological polar surface area (TPSA) is 29.1 Å². The molecule has 2 nitrogen and oxygen atoms in total. The molecule has 0 aliphatic carbocycles. The molecule has 0 bridgehead atoms. The van der Waals surface area contributed by atoms with Crippen LogP contribution in [0.1, 0.15) is 31.1 Å². The molecule has 0 aliphatic rings. The predicted molar refractivity (Wildman–Crippen MR) is 65.9 cm³/mol. The van der Waals surface area contributed by atoms with Crippen LogP contribution in [0.2, 0.25) is 0 Å². The van der Waals surface area contributed by atoms with Crippen LogP contribution in [-0.4, -0.2) is 12.5 Å². The van der Waals surface area contributed by atoms with Gasteiger partial charge in [-0.25, -0.2) is 4.39 Å². The monoisotopic (exact) mass is 287 g/mol. The van der Waals surface area contributed by atoms with Crippen molar-refractivity contribution in [1.82, 2.24) is 5.32 Å². The first-order chi connectivity index (χ1) is 7.29. The van der Waals surface area contributed by atoms with Crippen LogP contribution in [0.3, 0.4) is 0 Å². The zero-order chi connectivity index (χ0) is 12.3. The first-order valence-corrected chi connectivity index (χ1v) is 5.82. The number of halogens is 2. The molecule has 1 aromatic carbocycles. The van der Waals surface area contributed by atoms with Gasteiger partial charge in [0.2, 0.25) is 0 Å². The van der Waals surface area contributed by atoms with E-state index in [2.05, 4.69) is 21.2 Å². The summed E-state index contributed by atoms with van der Waals surface area (Å²) in [6.07, 6.45) is 0. The van der Waals surface area contributed by atoms with Gasteiger partial charge in [0, 0.05) is 12.1 Å². The first-order valence-electron chi connectivity index (χ1n) is 5.03. The number of rotatable bonds is 2. The van der Waals surface area contributed by atoms with Gasteiger partial charge in [-0.05, 0) is 39.5 Å². The lowest BCUT2D eigenvalue weighted by Gasteiger charge is -2.18. The van der Waals surface area contributed by atoms with E-state index >= 15 is 0 Å². The van der Waals surface area contributed by atoms with E-state index in [4.69, 9.17) is 0 Å². The van der Waals surface area contributed by atoms with E-state index in [1.807, 2.05) is 20.8 Å². The molecule has 88 valence electrons. The minimum absolute atomic E-state index is 0.0174. The van der Waals surface area contributed by atoms with Crippen LogP contribution in [0.15, 0.2) is 22.7 Å². The maximum Gasteiger partial charge on any atom is 0.251 e. The van der Waals surface area contributed by atoms with E-state index < -0.39 is 5.82 Å². The lowest BCUT2D eigenvalue weighted by molar-refractivity contribution is 0.0939. The molecule has 1 N–H and O–H groups in total. The average molecular weight is 288 g/mol. The molecule has 0 saturated carbocycles. The van der Waals surface area contributed by atoms with Crippen LogP contribution >= 0.6 is 15.9 Å². The molecule has 1 rings (SSSR count). The highest BCUT2D eigenvalue weighted by Gasteiger charge is 2.13. The highest BCUT2D eigenvalue weighted by molar-refractivity contribution is 9.10. The quantitative estimate of drug-likeness (QED) is 0.888. The van der Waals surface area contributed by atoms with Gasteiger partial charge in [-0.15, -0.1) is 0 Å². The zero-order valence-electron chi connectivity index (χ0n) is 9.60. The standard InChI is InChI=1S/C12H15BrFNO/c1-12(2,3)7-15-11(16)8-4-5-9(13)10(14)6-8/h4-6H,7H2,1-3H3,(H,15,16). The number of amides is 1. The van der Waals surface area contributed by atoms with Crippen molar-refractivity contribution in [3.05, 3.63) is 34.1 Å². The molecule has 0 aromatic heterocycles. The summed E-state index contributed by atoms with van der Waals surface area (Å²) in [7, 11) is 0. The van der Waals surface area contributed by atoms with Crippen LogP contribution in [0.25, 0.3) is 0 Å². The second-order valence-corrected chi connectivity index (χ2v) is 5.73. The number of hydrogen-bond donors (Lipinski definition) is 1. The summed E-state index contributed by atoms with van der Waals surface area (Å²) in [5, 5.41) is 2.76. The summed E-state index contributed by atoms with van der Waals surface area (Å²) < 4.78 is 13.5. The van der Waals surface area contributed by atoms with Crippen molar-refractivity contribution in [2.24, 2.45) is 5.41 Å². The Bertz CT molecular complexity index is 398. The Morgan fingerprint density at radius 3 is 2.56 bits per heavy atom. The SMILES string of the molecule is CC(C)(C)CNC(=O)c1ccc(Br)c(F)c1. The molecule has 1 amide bonds. The van der Waals surface area contributed by atoms with E-state index in [0.29, 0.717) is 16.6 Å². The first kappa shape index (κ1) is 13.2. The fraction of sp³-hybridized carbons (Fsp3) is 0.417. The van der Waals surface area contributed by atoms with E-state index in [0.717, 1.165) is 0 Å². The minimum Gasteiger partial charge on any atom is -0.352 e. The number of carbonyl (C=O) groups is 1. The average Bonchev–Trinajstić information content (AvgIpc) is 2.17. The Morgan fingerprint density at radius 1 is 1.44 bits per heavy atom. The summed E-state index contributed by atoms with van der Waals surface area (Å²) in [5.74, 6) is -0.676. The van der Waals surface area contributed by atoms with Crippen molar-refractivity contribution >= 4 is 21.8 Å². The van der Waals surface area contributed by atoms with Crippen LogP contribution in [0.4, 0.5) is 4.39 Å². The van der Waals surface area contributed by atoms with Gasteiger partial charge in [-0.3, -0.25) is 4.79 Å². The smallest absolute Gasteiger partial charge is 0.251 e. The Labute approximate surface area is 103 Å². The van der Waals surface area contributed by atoms with Gasteiger partial charge in [0.05, 0.1) is 4.47 Å². The number of carbonyl (C=O) groups excluding carboxylic acids is 1. The van der Waals surface area contributed by atoms with Crippen LogP contribution in [0.5, 0.6) is 0 Å². The second kappa shape index (κ2) is 4.95. The Morgan fingerprint density at radius 2 is 2.06 bits per heavy atom. The number of nitrogens with one attached hydrogen (secondary N) is 1. The van der Waals surface area contributed by atoms with Crippen molar-refractivity contribution in [2.75, 3.05) is 6.54 Å². The maximum atomic E-state index is 13.2. The van der Waals surface area contributed by atoms with Gasteiger partial charge in [-0.1, -0.05) is 20.8 Å². The van der Waals surface area contributed by atoms with Crippen LogP contribution in [0, 0.1) is 11.2 Å². The molecule has 0 unspecified atom stereocenters. The predicted octanol–water partition coefficient (Wildman–Crippen LogP) is 3.36. The fourth-order valence-electron chi connectivity index (χ4n) is 1.08. The molecule has 0 aliphatic heterocycles. The number of benzene rings is 1. The van der Waals surface area contributed by atoms with Crippen LogP contribution in [-0.2, 0) is 0 Å². The van der Waals surface area contributed by atoms with Crippen molar-refractivity contribution < 1.29 is 9.18 Å². The molecular formula is C12H15BrFNO. The second-order valence-electron chi connectivity index (χ2n) is 4.87. The zero-order valence-corrected chi connectivity index (χ0v) is 11.2. The van der Waals surface area contributed by atoms with E-state index in [-0.39, 0.29) is 11.3 Å². The molecule has 1 aromatic rings. The Hall–Kier alpha value is -0.900. The highest BCUT2D eigenvalue weighted by Crippen LogP contribution is 2.17. The van der Waals surface area contributed by atoms with Gasteiger partial charge in [-0.2, -0.15) is 0 Å². The van der Waals surface area contributed by atoms with Crippen molar-refractivity contribution in [3.8, 4) is 0 Å². The Balaban J connectivity index is 2.70.